The largest absolute Gasteiger partial charge is 0.497 e. The first-order chi connectivity index (χ1) is 21.4. The number of hydrogen-bond donors (Lipinski definition) is 1. The van der Waals surface area contributed by atoms with Crippen molar-refractivity contribution >= 4 is 34.2 Å². The van der Waals surface area contributed by atoms with Crippen LogP contribution < -0.4 is 24.4 Å². The van der Waals surface area contributed by atoms with E-state index in [1.54, 1.807) is 23.7 Å². The summed E-state index contributed by atoms with van der Waals surface area (Å²) in [5, 5.41) is 0.934. The Labute approximate surface area is 259 Å². The Morgan fingerprint density at radius 3 is 2.45 bits per heavy atom. The summed E-state index contributed by atoms with van der Waals surface area (Å²) in [6.07, 6.45) is 1.93. The summed E-state index contributed by atoms with van der Waals surface area (Å²) in [5.41, 5.74) is 5.27. The molecule has 1 atom stereocenters. The van der Waals surface area contributed by atoms with Crippen LogP contribution in [-0.4, -0.2) is 47.7 Å². The third-order valence-corrected chi connectivity index (χ3v) is 9.10. The van der Waals surface area contributed by atoms with E-state index >= 15 is 0 Å². The van der Waals surface area contributed by atoms with Crippen LogP contribution in [0.1, 0.15) is 37.9 Å². The standard InChI is InChI=1S/C35H34N4O4S/c1-6-38(7-2)34(41)30-21(3)36-35-39(32(30)24-15-11-12-16-28(24)43-5)33(40)29(44-35)20-26-25-19-23(42-4)17-18-27(25)37-31(26)22-13-9-8-10-14-22/h8-20,32,37H,6-7H2,1-5H3/b29-20+/t32-/m0/s1. The number of nitrogens with zero attached hydrogens (tertiary/aromatic N) is 3. The first-order valence-electron chi connectivity index (χ1n) is 14.6. The number of thiazole rings is 1. The van der Waals surface area contributed by atoms with Crippen molar-refractivity contribution in [3.05, 3.63) is 115 Å². The molecule has 1 aliphatic rings. The highest BCUT2D eigenvalue weighted by Gasteiger charge is 2.35. The smallest absolute Gasteiger partial charge is 0.271 e. The number of aromatic amines is 1. The van der Waals surface area contributed by atoms with Gasteiger partial charge >= 0.3 is 0 Å². The number of allylic oxidation sites excluding steroid dienone is 1. The van der Waals surface area contributed by atoms with Crippen molar-refractivity contribution in [2.45, 2.75) is 26.8 Å². The molecule has 1 N–H and O–H groups in total. The second-order valence-corrected chi connectivity index (χ2v) is 11.5. The minimum absolute atomic E-state index is 0.142. The van der Waals surface area contributed by atoms with E-state index < -0.39 is 6.04 Å². The van der Waals surface area contributed by atoms with Gasteiger partial charge in [0.25, 0.3) is 11.5 Å². The molecular formula is C35H34N4O4S. The lowest BCUT2D eigenvalue weighted by Gasteiger charge is -2.29. The van der Waals surface area contributed by atoms with Crippen LogP contribution in [0.3, 0.4) is 0 Å². The monoisotopic (exact) mass is 606 g/mol. The number of aromatic nitrogens is 2. The Bertz CT molecular complexity index is 2080. The van der Waals surface area contributed by atoms with E-state index in [9.17, 15) is 9.59 Å². The quantitative estimate of drug-likeness (QED) is 0.261. The van der Waals surface area contributed by atoms with Gasteiger partial charge in [-0.2, -0.15) is 0 Å². The number of carbonyl (C=O) groups is 1. The fourth-order valence-corrected chi connectivity index (χ4v) is 6.92. The normalized spacial score (nSPS) is 14.8. The molecule has 5 aromatic rings. The van der Waals surface area contributed by atoms with Gasteiger partial charge in [0.1, 0.15) is 17.5 Å². The van der Waals surface area contributed by atoms with Gasteiger partial charge in [-0.25, -0.2) is 4.99 Å². The molecule has 3 heterocycles. The molecular weight excluding hydrogens is 572 g/mol. The molecule has 3 aromatic carbocycles. The van der Waals surface area contributed by atoms with Crippen molar-refractivity contribution in [2.24, 2.45) is 4.99 Å². The number of ether oxygens (including phenoxy) is 2. The first kappa shape index (κ1) is 29.2. The molecule has 6 rings (SSSR count). The minimum Gasteiger partial charge on any atom is -0.497 e. The van der Waals surface area contributed by atoms with Crippen molar-refractivity contribution in [1.82, 2.24) is 14.5 Å². The number of para-hydroxylation sites is 1. The number of hydrogen-bond acceptors (Lipinski definition) is 6. The predicted octanol–water partition coefficient (Wildman–Crippen LogP) is 5.27. The number of nitrogens with one attached hydrogen (secondary N) is 1. The van der Waals surface area contributed by atoms with Crippen LogP contribution in [0, 0.1) is 0 Å². The van der Waals surface area contributed by atoms with Crippen LogP contribution in [-0.2, 0) is 4.79 Å². The zero-order valence-electron chi connectivity index (χ0n) is 25.4. The van der Waals surface area contributed by atoms with Crippen LogP contribution >= 0.6 is 11.3 Å². The average molecular weight is 607 g/mol. The molecule has 0 fully saturated rings. The van der Waals surface area contributed by atoms with Gasteiger partial charge in [0, 0.05) is 35.1 Å². The van der Waals surface area contributed by atoms with Crippen molar-refractivity contribution in [3.8, 4) is 22.8 Å². The molecule has 1 aliphatic heterocycles. The van der Waals surface area contributed by atoms with Gasteiger partial charge in [-0.1, -0.05) is 59.9 Å². The minimum atomic E-state index is -0.700. The zero-order valence-corrected chi connectivity index (χ0v) is 26.2. The Morgan fingerprint density at radius 1 is 1.02 bits per heavy atom. The number of rotatable bonds is 8. The third kappa shape index (κ3) is 4.93. The average Bonchev–Trinajstić information content (AvgIpc) is 3.57. The van der Waals surface area contributed by atoms with E-state index in [0.717, 1.165) is 39.0 Å². The van der Waals surface area contributed by atoms with Crippen molar-refractivity contribution in [2.75, 3.05) is 27.3 Å². The van der Waals surface area contributed by atoms with Gasteiger partial charge in [-0.15, -0.1) is 0 Å². The molecule has 224 valence electrons. The van der Waals surface area contributed by atoms with Crippen LogP contribution in [0.15, 0.2) is 93.9 Å². The van der Waals surface area contributed by atoms with Gasteiger partial charge in [-0.3, -0.25) is 14.2 Å². The molecule has 0 spiro atoms. The van der Waals surface area contributed by atoms with Gasteiger partial charge in [0.2, 0.25) is 0 Å². The molecule has 0 saturated carbocycles. The van der Waals surface area contributed by atoms with Gasteiger partial charge in [0.05, 0.1) is 35.7 Å². The third-order valence-electron chi connectivity index (χ3n) is 8.12. The summed E-state index contributed by atoms with van der Waals surface area (Å²) in [6, 6.07) is 22.7. The maximum absolute atomic E-state index is 14.5. The molecule has 0 unspecified atom stereocenters. The Morgan fingerprint density at radius 2 is 1.75 bits per heavy atom. The topological polar surface area (TPSA) is 88.9 Å². The number of carbonyl (C=O) groups excluding carboxylic acids is 1. The van der Waals surface area contributed by atoms with E-state index in [-0.39, 0.29) is 11.5 Å². The fourth-order valence-electron chi connectivity index (χ4n) is 5.90. The van der Waals surface area contributed by atoms with Crippen molar-refractivity contribution in [1.29, 1.82) is 0 Å². The van der Waals surface area contributed by atoms with Gasteiger partial charge in [0.15, 0.2) is 4.80 Å². The van der Waals surface area contributed by atoms with E-state index in [1.165, 1.54) is 11.3 Å². The van der Waals surface area contributed by atoms with Crippen LogP contribution in [0.4, 0.5) is 0 Å². The highest BCUT2D eigenvalue weighted by Crippen LogP contribution is 2.36. The Hall–Kier alpha value is -4.89. The summed E-state index contributed by atoms with van der Waals surface area (Å²) in [5.74, 6) is 1.18. The van der Waals surface area contributed by atoms with Crippen LogP contribution in [0.25, 0.3) is 28.2 Å². The summed E-state index contributed by atoms with van der Waals surface area (Å²) >= 11 is 1.32. The second kappa shape index (κ2) is 12.0. The molecule has 2 aromatic heterocycles. The summed E-state index contributed by atoms with van der Waals surface area (Å²) in [6.45, 7) is 6.83. The maximum Gasteiger partial charge on any atom is 0.271 e. The fraction of sp³-hybridized carbons (Fsp3) is 0.229. The molecule has 1 amide bonds. The lowest BCUT2D eigenvalue weighted by atomic mass is 9.94. The summed E-state index contributed by atoms with van der Waals surface area (Å²) in [7, 11) is 3.24. The van der Waals surface area contributed by atoms with E-state index in [0.29, 0.717) is 39.4 Å². The lowest BCUT2D eigenvalue weighted by molar-refractivity contribution is -0.127. The van der Waals surface area contributed by atoms with Crippen LogP contribution in [0.2, 0.25) is 0 Å². The first-order valence-corrected chi connectivity index (χ1v) is 15.4. The number of methoxy groups -OCH3 is 2. The van der Waals surface area contributed by atoms with E-state index in [2.05, 4.69) is 4.98 Å². The summed E-state index contributed by atoms with van der Waals surface area (Å²) in [4.78, 5) is 39.1. The second-order valence-electron chi connectivity index (χ2n) is 10.5. The maximum atomic E-state index is 14.5. The number of likely N-dealkylation sites (N-methyl/N-ethyl adjacent to an activating group) is 1. The number of benzene rings is 3. The molecule has 0 radical (unpaired) electrons. The van der Waals surface area contributed by atoms with Crippen molar-refractivity contribution < 1.29 is 14.3 Å². The Kier molecular flexibility index (Phi) is 7.97. The highest BCUT2D eigenvalue weighted by atomic mass is 32.1. The molecule has 0 aliphatic carbocycles. The Balaban J connectivity index is 1.63. The highest BCUT2D eigenvalue weighted by molar-refractivity contribution is 7.07. The van der Waals surface area contributed by atoms with E-state index in [4.69, 9.17) is 14.5 Å². The van der Waals surface area contributed by atoms with E-state index in [1.807, 2.05) is 99.6 Å². The molecule has 44 heavy (non-hydrogen) atoms. The van der Waals surface area contributed by atoms with Crippen LogP contribution in [0.5, 0.6) is 11.5 Å². The molecule has 9 heteroatoms. The van der Waals surface area contributed by atoms with Gasteiger partial charge in [-0.05, 0) is 56.7 Å². The summed E-state index contributed by atoms with van der Waals surface area (Å²) < 4.78 is 13.4. The molecule has 8 nitrogen and oxygen atoms in total. The van der Waals surface area contributed by atoms with Gasteiger partial charge < -0.3 is 19.4 Å². The van der Waals surface area contributed by atoms with Crippen molar-refractivity contribution in [3.63, 3.8) is 0 Å². The number of fused-ring (bicyclic) bond motifs is 2. The number of amides is 1. The lowest BCUT2D eigenvalue weighted by Crippen LogP contribution is -2.43. The SMILES string of the molecule is CCN(CC)C(=O)C1=C(C)N=c2s/c(=C/c3c(-c4ccccc4)[nH]c4ccc(OC)cc34)c(=O)n2[C@H]1c1ccccc1OC. The molecule has 0 bridgehead atoms. The molecule has 0 saturated heterocycles. The predicted molar refractivity (Wildman–Crippen MR) is 175 cm³/mol. The zero-order chi connectivity index (χ0) is 31.0. The number of H-pyrrole nitrogens is 1.